The molecule has 0 saturated carbocycles. The summed E-state index contributed by atoms with van der Waals surface area (Å²) in [5, 5.41) is 2.85. The van der Waals surface area contributed by atoms with E-state index in [1.165, 1.54) is 0 Å². The first-order chi connectivity index (χ1) is 7.34. The van der Waals surface area contributed by atoms with Crippen LogP contribution in [0.1, 0.15) is 18.5 Å². The normalized spacial score (nSPS) is 20.4. The molecule has 1 aromatic rings. The molecule has 1 amide bonds. The van der Waals surface area contributed by atoms with E-state index in [0.717, 1.165) is 25.1 Å². The summed E-state index contributed by atoms with van der Waals surface area (Å²) in [5.74, 6) is 0.00903. The van der Waals surface area contributed by atoms with E-state index in [4.69, 9.17) is 4.74 Å². The average Bonchev–Trinajstić information content (AvgIpc) is 2.86. The number of nitrogens with zero attached hydrogens (tertiary/aromatic N) is 1. The lowest BCUT2D eigenvalue weighted by Crippen LogP contribution is -2.32. The fourth-order valence-corrected chi connectivity index (χ4v) is 1.65. The zero-order valence-corrected chi connectivity index (χ0v) is 8.53. The molecule has 0 spiro atoms. The Bertz CT molecular complexity index is 304. The monoisotopic (exact) mass is 209 g/mol. The van der Waals surface area contributed by atoms with Gasteiger partial charge < -0.3 is 15.0 Å². The van der Waals surface area contributed by atoms with Crippen LogP contribution >= 0.6 is 0 Å². The molecule has 0 radical (unpaired) electrons. The molecule has 5 nitrogen and oxygen atoms in total. The van der Waals surface area contributed by atoms with Crippen molar-refractivity contribution in [1.82, 2.24) is 15.3 Å². The van der Waals surface area contributed by atoms with Gasteiger partial charge >= 0.3 is 0 Å². The summed E-state index contributed by atoms with van der Waals surface area (Å²) in [6, 6.07) is 0. The number of ether oxygens (including phenoxy) is 1. The van der Waals surface area contributed by atoms with Gasteiger partial charge in [-0.2, -0.15) is 0 Å². The fourth-order valence-electron chi connectivity index (χ4n) is 1.65. The van der Waals surface area contributed by atoms with Gasteiger partial charge in [0.15, 0.2) is 0 Å². The lowest BCUT2D eigenvalue weighted by Gasteiger charge is -2.10. The van der Waals surface area contributed by atoms with Gasteiger partial charge in [0.05, 0.1) is 18.9 Å². The minimum Gasteiger partial charge on any atom is -0.376 e. The van der Waals surface area contributed by atoms with Crippen LogP contribution in [0.25, 0.3) is 0 Å². The number of amides is 1. The van der Waals surface area contributed by atoms with Crippen molar-refractivity contribution in [2.75, 3.05) is 13.2 Å². The van der Waals surface area contributed by atoms with E-state index < -0.39 is 0 Å². The van der Waals surface area contributed by atoms with Crippen molar-refractivity contribution in [2.24, 2.45) is 0 Å². The summed E-state index contributed by atoms with van der Waals surface area (Å²) >= 11 is 0. The van der Waals surface area contributed by atoms with Crippen LogP contribution in [-0.4, -0.2) is 35.1 Å². The highest BCUT2D eigenvalue weighted by molar-refractivity contribution is 5.78. The van der Waals surface area contributed by atoms with E-state index in [2.05, 4.69) is 15.3 Å². The third-order valence-corrected chi connectivity index (χ3v) is 2.46. The molecule has 1 atom stereocenters. The van der Waals surface area contributed by atoms with Crippen LogP contribution in [0.2, 0.25) is 0 Å². The first kappa shape index (κ1) is 10.2. The second-order valence-corrected chi connectivity index (χ2v) is 3.69. The van der Waals surface area contributed by atoms with Crippen molar-refractivity contribution in [1.29, 1.82) is 0 Å². The highest BCUT2D eigenvalue weighted by Crippen LogP contribution is 2.10. The molecule has 1 aromatic heterocycles. The Balaban J connectivity index is 1.68. The number of nitrogens with one attached hydrogen (secondary N) is 2. The summed E-state index contributed by atoms with van der Waals surface area (Å²) in [6.07, 6.45) is 5.93. The number of H-pyrrole nitrogens is 1. The summed E-state index contributed by atoms with van der Waals surface area (Å²) in [7, 11) is 0. The summed E-state index contributed by atoms with van der Waals surface area (Å²) in [5.41, 5.74) is 0.833. The van der Waals surface area contributed by atoms with Gasteiger partial charge in [-0.3, -0.25) is 4.79 Å². The van der Waals surface area contributed by atoms with E-state index >= 15 is 0 Å². The lowest BCUT2D eigenvalue weighted by atomic mass is 10.2. The van der Waals surface area contributed by atoms with Crippen LogP contribution in [-0.2, 0) is 16.0 Å². The molecular formula is C10H15N3O2. The summed E-state index contributed by atoms with van der Waals surface area (Å²) < 4.78 is 5.40. The smallest absolute Gasteiger partial charge is 0.226 e. The fraction of sp³-hybridized carbons (Fsp3) is 0.600. The van der Waals surface area contributed by atoms with Crippen molar-refractivity contribution in [3.05, 3.63) is 18.2 Å². The van der Waals surface area contributed by atoms with E-state index in [0.29, 0.717) is 13.0 Å². The molecule has 1 unspecified atom stereocenters. The van der Waals surface area contributed by atoms with Gasteiger partial charge in [0.25, 0.3) is 0 Å². The minimum atomic E-state index is 0.00903. The maximum Gasteiger partial charge on any atom is 0.226 e. The minimum absolute atomic E-state index is 0.00903. The Morgan fingerprint density at radius 1 is 1.73 bits per heavy atom. The molecule has 1 saturated heterocycles. The molecular weight excluding hydrogens is 194 g/mol. The number of aromatic amines is 1. The second kappa shape index (κ2) is 4.93. The van der Waals surface area contributed by atoms with Crippen LogP contribution in [0, 0.1) is 0 Å². The summed E-state index contributed by atoms with van der Waals surface area (Å²) in [6.45, 7) is 1.44. The number of aromatic nitrogens is 2. The van der Waals surface area contributed by atoms with Gasteiger partial charge in [-0.1, -0.05) is 0 Å². The van der Waals surface area contributed by atoms with Crippen LogP contribution < -0.4 is 5.32 Å². The van der Waals surface area contributed by atoms with Gasteiger partial charge in [0, 0.05) is 25.0 Å². The number of hydrogen-bond donors (Lipinski definition) is 2. The van der Waals surface area contributed by atoms with E-state index in [1.54, 1.807) is 12.5 Å². The maximum absolute atomic E-state index is 11.5. The number of hydrogen-bond acceptors (Lipinski definition) is 3. The Hall–Kier alpha value is -1.36. The highest BCUT2D eigenvalue weighted by Gasteiger charge is 2.16. The van der Waals surface area contributed by atoms with Gasteiger partial charge in [-0.05, 0) is 12.8 Å². The van der Waals surface area contributed by atoms with Crippen molar-refractivity contribution in [2.45, 2.75) is 25.4 Å². The van der Waals surface area contributed by atoms with Crippen molar-refractivity contribution in [3.8, 4) is 0 Å². The first-order valence-electron chi connectivity index (χ1n) is 5.20. The lowest BCUT2D eigenvalue weighted by molar-refractivity contribution is -0.121. The largest absolute Gasteiger partial charge is 0.376 e. The van der Waals surface area contributed by atoms with Crippen molar-refractivity contribution in [3.63, 3.8) is 0 Å². The van der Waals surface area contributed by atoms with Crippen molar-refractivity contribution >= 4 is 5.91 Å². The molecule has 82 valence electrons. The summed E-state index contributed by atoms with van der Waals surface area (Å²) in [4.78, 5) is 18.2. The molecule has 2 heterocycles. The molecule has 0 bridgehead atoms. The third-order valence-electron chi connectivity index (χ3n) is 2.46. The SMILES string of the molecule is O=C(Cc1cnc[nH]1)NCC1CCCO1. The van der Waals surface area contributed by atoms with Crippen molar-refractivity contribution < 1.29 is 9.53 Å². The van der Waals surface area contributed by atoms with Gasteiger partial charge in [-0.15, -0.1) is 0 Å². The van der Waals surface area contributed by atoms with E-state index in [1.807, 2.05) is 0 Å². The Morgan fingerprint density at radius 2 is 2.67 bits per heavy atom. The Morgan fingerprint density at radius 3 is 3.33 bits per heavy atom. The molecule has 15 heavy (non-hydrogen) atoms. The van der Waals surface area contributed by atoms with Crippen LogP contribution in [0.4, 0.5) is 0 Å². The molecule has 0 aliphatic carbocycles. The van der Waals surface area contributed by atoms with Crippen LogP contribution in [0.3, 0.4) is 0 Å². The Kier molecular flexibility index (Phi) is 3.34. The van der Waals surface area contributed by atoms with E-state index in [9.17, 15) is 4.79 Å². The molecule has 5 heteroatoms. The van der Waals surface area contributed by atoms with Gasteiger partial charge in [0.1, 0.15) is 0 Å². The molecule has 0 aromatic carbocycles. The molecule has 1 aliphatic rings. The molecule has 1 fully saturated rings. The predicted octanol–water partition coefficient (Wildman–Crippen LogP) is 0.247. The van der Waals surface area contributed by atoms with Gasteiger partial charge in [0.2, 0.25) is 5.91 Å². The number of rotatable bonds is 4. The first-order valence-corrected chi connectivity index (χ1v) is 5.20. The third kappa shape index (κ3) is 3.06. The highest BCUT2D eigenvalue weighted by atomic mass is 16.5. The zero-order valence-electron chi connectivity index (χ0n) is 8.53. The number of carbonyl (C=O) groups excluding carboxylic acids is 1. The molecule has 2 rings (SSSR count). The van der Waals surface area contributed by atoms with E-state index in [-0.39, 0.29) is 12.0 Å². The number of carbonyl (C=O) groups is 1. The predicted molar refractivity (Wildman–Crippen MR) is 54.3 cm³/mol. The Labute approximate surface area is 88.2 Å². The van der Waals surface area contributed by atoms with Crippen LogP contribution in [0.15, 0.2) is 12.5 Å². The standard InChI is InChI=1S/C10H15N3O2/c14-10(4-8-5-11-7-13-8)12-6-9-2-1-3-15-9/h5,7,9H,1-4,6H2,(H,11,13)(H,12,14). The number of imidazole rings is 1. The topological polar surface area (TPSA) is 67.0 Å². The molecule has 1 aliphatic heterocycles. The van der Waals surface area contributed by atoms with Gasteiger partial charge in [-0.25, -0.2) is 4.98 Å². The van der Waals surface area contributed by atoms with Crippen LogP contribution in [0.5, 0.6) is 0 Å². The second-order valence-electron chi connectivity index (χ2n) is 3.69. The average molecular weight is 209 g/mol. The molecule has 2 N–H and O–H groups in total. The quantitative estimate of drug-likeness (QED) is 0.746. The maximum atomic E-state index is 11.5. The zero-order chi connectivity index (χ0) is 10.5.